The topological polar surface area (TPSA) is 62.7 Å². The van der Waals surface area contributed by atoms with E-state index in [1.165, 1.54) is 4.90 Å². The molecule has 0 aliphatic heterocycles. The van der Waals surface area contributed by atoms with Crippen LogP contribution >= 0.6 is 11.3 Å². The highest BCUT2D eigenvalue weighted by Gasteiger charge is 2.11. The van der Waals surface area contributed by atoms with E-state index in [0.717, 1.165) is 10.7 Å². The Morgan fingerprint density at radius 1 is 1.48 bits per heavy atom. The number of nitrogens with zero attached hydrogens (tertiary/aromatic N) is 2. The lowest BCUT2D eigenvalue weighted by molar-refractivity contribution is 0.0766. The predicted molar refractivity (Wildman–Crippen MR) is 81.7 cm³/mol. The molecule has 0 bridgehead atoms. The van der Waals surface area contributed by atoms with Crippen LogP contribution < -0.4 is 4.74 Å². The van der Waals surface area contributed by atoms with Gasteiger partial charge < -0.3 is 14.7 Å². The normalized spacial score (nSPS) is 10.4. The summed E-state index contributed by atoms with van der Waals surface area (Å²) in [6, 6.07) is 7.02. The summed E-state index contributed by atoms with van der Waals surface area (Å²) in [6.45, 7) is 2.59. The third-order valence-electron chi connectivity index (χ3n) is 2.92. The summed E-state index contributed by atoms with van der Waals surface area (Å²) in [4.78, 5) is 17.9. The van der Waals surface area contributed by atoms with E-state index in [4.69, 9.17) is 9.84 Å². The first-order chi connectivity index (χ1) is 10.1. The van der Waals surface area contributed by atoms with E-state index in [9.17, 15) is 4.79 Å². The number of benzene rings is 1. The summed E-state index contributed by atoms with van der Waals surface area (Å²) >= 11 is 1.58. The standard InChI is InChI=1S/C15H18N2O3S/c1-11-16-13(10-21-11)9-20-14-5-3-4-12(8-14)15(19)17(2)6-7-18/h3-5,8,10,18H,6-7,9H2,1-2H3. The van der Waals surface area contributed by atoms with Gasteiger partial charge in [0.2, 0.25) is 0 Å². The van der Waals surface area contributed by atoms with Gasteiger partial charge in [0.05, 0.1) is 17.3 Å². The number of carbonyl (C=O) groups excluding carboxylic acids is 1. The van der Waals surface area contributed by atoms with Crippen molar-refractivity contribution in [3.05, 3.63) is 45.9 Å². The third-order valence-corrected chi connectivity index (χ3v) is 3.74. The van der Waals surface area contributed by atoms with Crippen molar-refractivity contribution < 1.29 is 14.6 Å². The number of aryl methyl sites for hydroxylation is 1. The molecule has 0 fully saturated rings. The molecule has 6 heteroatoms. The maximum absolute atomic E-state index is 12.1. The molecule has 0 unspecified atom stereocenters. The van der Waals surface area contributed by atoms with Crippen molar-refractivity contribution in [3.63, 3.8) is 0 Å². The first-order valence-corrected chi connectivity index (χ1v) is 7.48. The lowest BCUT2D eigenvalue weighted by atomic mass is 10.2. The Hall–Kier alpha value is -1.92. The molecule has 0 atom stereocenters. The lowest BCUT2D eigenvalue weighted by Gasteiger charge is -2.16. The number of aliphatic hydroxyl groups excluding tert-OH is 1. The van der Waals surface area contributed by atoms with E-state index in [2.05, 4.69) is 4.98 Å². The molecule has 112 valence electrons. The molecule has 0 aliphatic carbocycles. The molecule has 0 spiro atoms. The molecule has 0 radical (unpaired) electrons. The van der Waals surface area contributed by atoms with Crippen LogP contribution in [0.25, 0.3) is 0 Å². The van der Waals surface area contributed by atoms with Gasteiger partial charge in [-0.3, -0.25) is 4.79 Å². The van der Waals surface area contributed by atoms with Crippen molar-refractivity contribution in [2.24, 2.45) is 0 Å². The van der Waals surface area contributed by atoms with Crippen LogP contribution in [0.1, 0.15) is 21.1 Å². The number of carbonyl (C=O) groups is 1. The molecule has 0 aliphatic rings. The van der Waals surface area contributed by atoms with Gasteiger partial charge in [-0.2, -0.15) is 0 Å². The third kappa shape index (κ3) is 4.27. The van der Waals surface area contributed by atoms with Crippen molar-refractivity contribution in [2.45, 2.75) is 13.5 Å². The number of thiazole rings is 1. The zero-order chi connectivity index (χ0) is 15.2. The van der Waals surface area contributed by atoms with E-state index in [1.807, 2.05) is 18.4 Å². The van der Waals surface area contributed by atoms with Crippen molar-refractivity contribution in [3.8, 4) is 5.75 Å². The SMILES string of the molecule is Cc1nc(COc2cccc(C(=O)N(C)CCO)c2)cs1. The van der Waals surface area contributed by atoms with Crippen LogP contribution in [0.3, 0.4) is 0 Å². The molecule has 1 aromatic carbocycles. The fourth-order valence-electron chi connectivity index (χ4n) is 1.82. The van der Waals surface area contributed by atoms with Gasteiger partial charge in [-0.05, 0) is 25.1 Å². The number of hydrogen-bond acceptors (Lipinski definition) is 5. The van der Waals surface area contributed by atoms with Crippen molar-refractivity contribution in [1.29, 1.82) is 0 Å². The second-order valence-electron chi connectivity index (χ2n) is 4.62. The quantitative estimate of drug-likeness (QED) is 0.887. The van der Waals surface area contributed by atoms with E-state index in [-0.39, 0.29) is 12.5 Å². The first-order valence-electron chi connectivity index (χ1n) is 6.60. The molecule has 1 heterocycles. The van der Waals surface area contributed by atoms with E-state index >= 15 is 0 Å². The number of likely N-dealkylation sites (N-methyl/N-ethyl adjacent to an activating group) is 1. The number of amides is 1. The van der Waals surface area contributed by atoms with Crippen LogP contribution in [0.5, 0.6) is 5.75 Å². The van der Waals surface area contributed by atoms with Crippen LogP contribution in [-0.2, 0) is 6.61 Å². The molecule has 0 saturated carbocycles. The zero-order valence-corrected chi connectivity index (χ0v) is 12.9. The number of hydrogen-bond donors (Lipinski definition) is 1. The number of ether oxygens (including phenoxy) is 1. The van der Waals surface area contributed by atoms with Gasteiger partial charge >= 0.3 is 0 Å². The second-order valence-corrected chi connectivity index (χ2v) is 5.69. The summed E-state index contributed by atoms with van der Waals surface area (Å²) in [7, 11) is 1.66. The van der Waals surface area contributed by atoms with Gasteiger partial charge in [-0.25, -0.2) is 4.98 Å². The Labute approximate surface area is 127 Å². The molecule has 1 N–H and O–H groups in total. The average molecular weight is 306 g/mol. The van der Waals surface area contributed by atoms with Gasteiger partial charge in [0, 0.05) is 24.5 Å². The minimum absolute atomic E-state index is 0.0540. The van der Waals surface area contributed by atoms with E-state index in [0.29, 0.717) is 24.5 Å². The predicted octanol–water partition coefficient (Wildman–Crippen LogP) is 2.09. The molecular weight excluding hydrogens is 288 g/mol. The molecule has 1 aromatic heterocycles. The van der Waals surface area contributed by atoms with Crippen molar-refractivity contribution in [1.82, 2.24) is 9.88 Å². The average Bonchev–Trinajstić information content (AvgIpc) is 2.90. The largest absolute Gasteiger partial charge is 0.487 e. The maximum Gasteiger partial charge on any atom is 0.253 e. The zero-order valence-electron chi connectivity index (χ0n) is 12.1. The van der Waals surface area contributed by atoms with Crippen molar-refractivity contribution >= 4 is 17.2 Å². The molecule has 5 nitrogen and oxygen atoms in total. The van der Waals surface area contributed by atoms with Crippen molar-refractivity contribution in [2.75, 3.05) is 20.2 Å². The van der Waals surface area contributed by atoms with Gasteiger partial charge in [-0.15, -0.1) is 11.3 Å². The highest BCUT2D eigenvalue weighted by atomic mass is 32.1. The van der Waals surface area contributed by atoms with Crippen LogP contribution in [-0.4, -0.2) is 41.1 Å². The fourth-order valence-corrected chi connectivity index (χ4v) is 2.42. The smallest absolute Gasteiger partial charge is 0.253 e. The highest BCUT2D eigenvalue weighted by Crippen LogP contribution is 2.17. The Kier molecular flexibility index (Phi) is 5.30. The van der Waals surface area contributed by atoms with E-state index < -0.39 is 0 Å². The minimum atomic E-state index is -0.140. The molecule has 2 aromatic rings. The monoisotopic (exact) mass is 306 g/mol. The molecule has 0 saturated heterocycles. The van der Waals surface area contributed by atoms with E-state index in [1.54, 1.807) is 36.6 Å². The fraction of sp³-hybridized carbons (Fsp3) is 0.333. The Morgan fingerprint density at radius 3 is 2.95 bits per heavy atom. The summed E-state index contributed by atoms with van der Waals surface area (Å²) in [5.74, 6) is 0.489. The van der Waals surface area contributed by atoms with Crippen LogP contribution in [0, 0.1) is 6.92 Å². The first kappa shape index (κ1) is 15.5. The summed E-state index contributed by atoms with van der Waals surface area (Å²) in [5, 5.41) is 11.8. The molecule has 2 rings (SSSR count). The van der Waals surface area contributed by atoms with Gasteiger partial charge in [0.25, 0.3) is 5.91 Å². The van der Waals surface area contributed by atoms with Gasteiger partial charge in [-0.1, -0.05) is 6.07 Å². The second kappa shape index (κ2) is 7.19. The number of aliphatic hydroxyl groups is 1. The molecule has 1 amide bonds. The minimum Gasteiger partial charge on any atom is -0.487 e. The Balaban J connectivity index is 2.02. The summed E-state index contributed by atoms with van der Waals surface area (Å²) in [6.07, 6.45) is 0. The van der Waals surface area contributed by atoms with Crippen LogP contribution in [0.15, 0.2) is 29.6 Å². The van der Waals surface area contributed by atoms with Gasteiger partial charge in [0.1, 0.15) is 12.4 Å². The molecule has 21 heavy (non-hydrogen) atoms. The number of rotatable bonds is 6. The van der Waals surface area contributed by atoms with Crippen LogP contribution in [0.2, 0.25) is 0 Å². The molecular formula is C15H18N2O3S. The van der Waals surface area contributed by atoms with Gasteiger partial charge in [0.15, 0.2) is 0 Å². The van der Waals surface area contributed by atoms with Crippen LogP contribution in [0.4, 0.5) is 0 Å². The maximum atomic E-state index is 12.1. The lowest BCUT2D eigenvalue weighted by Crippen LogP contribution is -2.29. The highest BCUT2D eigenvalue weighted by molar-refractivity contribution is 7.09. The Morgan fingerprint density at radius 2 is 2.29 bits per heavy atom. The summed E-state index contributed by atoms with van der Waals surface area (Å²) < 4.78 is 5.66. The Bertz CT molecular complexity index is 612. The number of aromatic nitrogens is 1. The summed E-state index contributed by atoms with van der Waals surface area (Å²) in [5.41, 5.74) is 1.42.